The van der Waals surface area contributed by atoms with Crippen molar-refractivity contribution in [2.75, 3.05) is 13.2 Å². The Morgan fingerprint density at radius 3 is 2.28 bits per heavy atom. The zero-order valence-corrected chi connectivity index (χ0v) is 12.7. The Morgan fingerprint density at radius 1 is 1.28 bits per heavy atom. The molecule has 1 amide bonds. The van der Waals surface area contributed by atoms with Gasteiger partial charge in [0, 0.05) is 6.54 Å². The van der Waals surface area contributed by atoms with E-state index in [0.29, 0.717) is 28.6 Å². The van der Waals surface area contributed by atoms with Crippen LogP contribution in [0.1, 0.15) is 48.0 Å². The van der Waals surface area contributed by atoms with Crippen molar-refractivity contribution in [3.63, 3.8) is 0 Å². The summed E-state index contributed by atoms with van der Waals surface area (Å²) in [6.45, 7) is 15.3. The van der Waals surface area contributed by atoms with Gasteiger partial charge in [-0.25, -0.2) is 0 Å². The summed E-state index contributed by atoms with van der Waals surface area (Å²) in [5.41, 5.74) is 0.729. The van der Waals surface area contributed by atoms with Gasteiger partial charge in [-0.15, -0.1) is 0 Å². The van der Waals surface area contributed by atoms with E-state index in [4.69, 9.17) is 0 Å². The smallest absolute Gasteiger partial charge is 0.240 e. The molecule has 104 valence electrons. The fourth-order valence-corrected chi connectivity index (χ4v) is 3.43. The largest absolute Gasteiger partial charge is 0.328 e. The second kappa shape index (κ2) is 4.22. The highest BCUT2D eigenvalue weighted by atomic mass is 16.2. The predicted octanol–water partition coefficient (Wildman–Crippen LogP) is 2.47. The maximum Gasteiger partial charge on any atom is 0.240 e. The zero-order valence-electron chi connectivity index (χ0n) is 12.7. The molecule has 1 unspecified atom stereocenters. The topological polar surface area (TPSA) is 32.3 Å². The van der Waals surface area contributed by atoms with E-state index >= 15 is 0 Å². The van der Waals surface area contributed by atoms with Crippen molar-refractivity contribution in [2.45, 2.75) is 54.0 Å². The molecule has 2 fully saturated rings. The highest BCUT2D eigenvalue weighted by molar-refractivity contribution is 5.83. The molecule has 1 aliphatic carbocycles. The van der Waals surface area contributed by atoms with Gasteiger partial charge in [-0.05, 0) is 29.1 Å². The summed E-state index contributed by atoms with van der Waals surface area (Å²) >= 11 is 0. The summed E-state index contributed by atoms with van der Waals surface area (Å²) in [5.74, 6) is 1.51. The van der Waals surface area contributed by atoms with Gasteiger partial charge in [-0.3, -0.25) is 10.1 Å². The fourth-order valence-electron chi connectivity index (χ4n) is 3.43. The second-order valence-corrected chi connectivity index (χ2v) is 7.60. The highest BCUT2D eigenvalue weighted by Crippen LogP contribution is 2.68. The normalized spacial score (nSPS) is 30.3. The van der Waals surface area contributed by atoms with Crippen molar-refractivity contribution in [1.29, 1.82) is 0 Å². The van der Waals surface area contributed by atoms with Crippen LogP contribution in [0.15, 0.2) is 0 Å². The van der Waals surface area contributed by atoms with Gasteiger partial charge in [0.15, 0.2) is 0 Å². The van der Waals surface area contributed by atoms with Crippen LogP contribution >= 0.6 is 0 Å². The average molecular weight is 252 g/mol. The van der Waals surface area contributed by atoms with E-state index in [2.05, 4.69) is 46.9 Å². The average Bonchev–Trinajstić information content (AvgIpc) is 2.53. The van der Waals surface area contributed by atoms with Crippen LogP contribution in [0.2, 0.25) is 0 Å². The number of nitrogens with one attached hydrogen (secondary N) is 1. The minimum atomic E-state index is 0.0509. The second-order valence-electron chi connectivity index (χ2n) is 7.60. The molecule has 2 rings (SSSR count). The van der Waals surface area contributed by atoms with Crippen LogP contribution in [0.5, 0.6) is 0 Å². The van der Waals surface area contributed by atoms with E-state index in [0.717, 1.165) is 19.6 Å². The molecule has 0 spiro atoms. The third-order valence-corrected chi connectivity index (χ3v) is 5.57. The van der Waals surface area contributed by atoms with Crippen molar-refractivity contribution in [1.82, 2.24) is 10.2 Å². The van der Waals surface area contributed by atoms with Gasteiger partial charge < -0.3 is 4.90 Å². The Balaban J connectivity index is 1.92. The van der Waals surface area contributed by atoms with Gasteiger partial charge in [0.2, 0.25) is 5.91 Å². The molecule has 0 radical (unpaired) electrons. The molecule has 0 aromatic heterocycles. The standard InChI is InChI=1S/C15H28N2O/c1-10(2)7-11-13(18)17(9-16-11)8-12-14(3,4)15(12,5)6/h10-12,16H,7-9H2,1-6H3. The molecule has 18 heavy (non-hydrogen) atoms. The van der Waals surface area contributed by atoms with Gasteiger partial charge in [-0.2, -0.15) is 0 Å². The molecular weight excluding hydrogens is 224 g/mol. The molecule has 1 heterocycles. The van der Waals surface area contributed by atoms with Crippen LogP contribution in [-0.4, -0.2) is 30.1 Å². The lowest BCUT2D eigenvalue weighted by molar-refractivity contribution is -0.129. The van der Waals surface area contributed by atoms with Gasteiger partial charge in [0.25, 0.3) is 0 Å². The molecule has 1 aliphatic heterocycles. The molecule has 0 bridgehead atoms. The predicted molar refractivity (Wildman–Crippen MR) is 74.0 cm³/mol. The van der Waals surface area contributed by atoms with Crippen LogP contribution in [-0.2, 0) is 4.79 Å². The van der Waals surface area contributed by atoms with E-state index in [-0.39, 0.29) is 6.04 Å². The number of rotatable bonds is 4. The first kappa shape index (κ1) is 13.9. The Morgan fingerprint density at radius 2 is 1.83 bits per heavy atom. The number of hydrogen-bond acceptors (Lipinski definition) is 2. The summed E-state index contributed by atoms with van der Waals surface area (Å²) in [6.07, 6.45) is 0.951. The van der Waals surface area contributed by atoms with Crippen molar-refractivity contribution < 1.29 is 4.79 Å². The molecular formula is C15H28N2O. The van der Waals surface area contributed by atoms with Crippen LogP contribution < -0.4 is 5.32 Å². The number of carbonyl (C=O) groups excluding carboxylic acids is 1. The third-order valence-electron chi connectivity index (χ3n) is 5.57. The van der Waals surface area contributed by atoms with Crippen LogP contribution in [0, 0.1) is 22.7 Å². The summed E-state index contributed by atoms with van der Waals surface area (Å²) in [4.78, 5) is 14.3. The molecule has 0 aromatic carbocycles. The lowest BCUT2D eigenvalue weighted by Gasteiger charge is -2.17. The molecule has 1 saturated carbocycles. The summed E-state index contributed by atoms with van der Waals surface area (Å²) in [7, 11) is 0. The minimum Gasteiger partial charge on any atom is -0.328 e. The van der Waals surface area contributed by atoms with Crippen molar-refractivity contribution in [3.05, 3.63) is 0 Å². The first-order valence-electron chi connectivity index (χ1n) is 7.20. The van der Waals surface area contributed by atoms with Crippen molar-refractivity contribution >= 4 is 5.91 Å². The monoisotopic (exact) mass is 252 g/mol. The lowest BCUT2D eigenvalue weighted by Crippen LogP contribution is -2.33. The van der Waals surface area contributed by atoms with Gasteiger partial charge >= 0.3 is 0 Å². The molecule has 1 atom stereocenters. The highest BCUT2D eigenvalue weighted by Gasteiger charge is 2.65. The quantitative estimate of drug-likeness (QED) is 0.833. The first-order chi connectivity index (χ1) is 8.18. The number of carbonyl (C=O) groups is 1. The third kappa shape index (κ3) is 2.07. The van der Waals surface area contributed by atoms with E-state index in [1.807, 2.05) is 4.90 Å². The Kier molecular flexibility index (Phi) is 3.25. The molecule has 1 saturated heterocycles. The number of hydrogen-bond donors (Lipinski definition) is 1. The van der Waals surface area contributed by atoms with E-state index in [9.17, 15) is 4.79 Å². The molecule has 0 aromatic rings. The van der Waals surface area contributed by atoms with Gasteiger partial charge in [0.05, 0.1) is 12.7 Å². The maximum absolute atomic E-state index is 12.3. The van der Waals surface area contributed by atoms with E-state index in [1.54, 1.807) is 0 Å². The van der Waals surface area contributed by atoms with Crippen LogP contribution in [0.25, 0.3) is 0 Å². The van der Waals surface area contributed by atoms with Crippen LogP contribution in [0.3, 0.4) is 0 Å². The van der Waals surface area contributed by atoms with E-state index < -0.39 is 0 Å². The van der Waals surface area contributed by atoms with Crippen LogP contribution in [0.4, 0.5) is 0 Å². The van der Waals surface area contributed by atoms with Gasteiger partial charge in [0.1, 0.15) is 0 Å². The first-order valence-corrected chi connectivity index (χ1v) is 7.20. The molecule has 1 N–H and O–H groups in total. The van der Waals surface area contributed by atoms with Crippen molar-refractivity contribution in [3.8, 4) is 0 Å². The summed E-state index contributed by atoms with van der Waals surface area (Å²) in [6, 6.07) is 0.0509. The SMILES string of the molecule is CC(C)CC1NCN(CC2C(C)(C)C2(C)C)C1=O. The summed E-state index contributed by atoms with van der Waals surface area (Å²) < 4.78 is 0. The number of nitrogens with zero attached hydrogens (tertiary/aromatic N) is 1. The van der Waals surface area contributed by atoms with Crippen molar-refractivity contribution in [2.24, 2.45) is 22.7 Å². The zero-order chi connectivity index (χ0) is 13.7. The maximum atomic E-state index is 12.3. The summed E-state index contributed by atoms with van der Waals surface area (Å²) in [5, 5.41) is 3.35. The number of amides is 1. The Hall–Kier alpha value is -0.570. The molecule has 3 heteroatoms. The fraction of sp³-hybridized carbons (Fsp3) is 0.933. The Bertz CT molecular complexity index is 332. The van der Waals surface area contributed by atoms with Gasteiger partial charge in [-0.1, -0.05) is 41.5 Å². The lowest BCUT2D eigenvalue weighted by atomic mass is 10.0. The molecule has 3 nitrogen and oxygen atoms in total. The Labute approximate surface area is 111 Å². The minimum absolute atomic E-state index is 0.0509. The molecule has 2 aliphatic rings. The van der Waals surface area contributed by atoms with E-state index in [1.165, 1.54) is 0 Å².